The van der Waals surface area contributed by atoms with Crippen molar-refractivity contribution in [2.75, 3.05) is 0 Å². The van der Waals surface area contributed by atoms with Crippen LogP contribution in [-0.4, -0.2) is 25.8 Å². The van der Waals surface area contributed by atoms with Crippen molar-refractivity contribution in [1.29, 1.82) is 0 Å². The van der Waals surface area contributed by atoms with E-state index in [-0.39, 0.29) is 53.1 Å². The number of hydrogen-bond acceptors (Lipinski definition) is 0. The van der Waals surface area contributed by atoms with E-state index in [0.717, 1.165) is 0 Å². The van der Waals surface area contributed by atoms with Crippen molar-refractivity contribution in [1.82, 2.24) is 0 Å². The van der Waals surface area contributed by atoms with Crippen LogP contribution in [0, 0.1) is 0 Å². The maximum atomic E-state index is 0. The van der Waals surface area contributed by atoms with E-state index in [9.17, 15) is 0 Å². The summed E-state index contributed by atoms with van der Waals surface area (Å²) < 4.78 is 0. The summed E-state index contributed by atoms with van der Waals surface area (Å²) in [6, 6.07) is 0. The Kier molecular flexibility index (Phi) is 512. The minimum Gasteiger partial charge on any atom is -1.00 e. The van der Waals surface area contributed by atoms with Gasteiger partial charge in [-0.3, -0.25) is 0 Å². The van der Waals surface area contributed by atoms with E-state index < -0.39 is 0 Å². The summed E-state index contributed by atoms with van der Waals surface area (Å²) in [5.41, 5.74) is 0. The summed E-state index contributed by atoms with van der Waals surface area (Å²) in [5, 5.41) is 0. The fourth-order valence-corrected chi connectivity index (χ4v) is 0. The van der Waals surface area contributed by atoms with Gasteiger partial charge in [-0.05, 0) is 0 Å². The molecule has 0 saturated carbocycles. The molecule has 0 aliphatic rings. The second-order valence-corrected chi connectivity index (χ2v) is 0. The molecule has 0 spiro atoms. The van der Waals surface area contributed by atoms with Crippen LogP contribution in [0.15, 0.2) is 0 Å². The predicted molar refractivity (Wildman–Crippen MR) is 19.2 cm³/mol. The topological polar surface area (TPSA) is 0 Å². The molecule has 0 aromatic carbocycles. The number of rotatable bonds is 0. The molecule has 0 unspecified atom stereocenters. The Labute approximate surface area is 53.2 Å². The Morgan fingerprint density at radius 1 is 0.750 bits per heavy atom. The van der Waals surface area contributed by atoms with Gasteiger partial charge >= 0.3 is 25.8 Å². The molecule has 0 aliphatic heterocycles. The van der Waals surface area contributed by atoms with Gasteiger partial charge in [-0.2, -0.15) is 0 Å². The zero-order valence-corrected chi connectivity index (χ0v) is 5.01. The SMILES string of the molecule is C.C.[Cl-].[In+]. The molecule has 0 heterocycles. The molecule has 0 N–H and O–H groups in total. The van der Waals surface area contributed by atoms with Crippen LogP contribution in [0.1, 0.15) is 14.9 Å². The van der Waals surface area contributed by atoms with Gasteiger partial charge in [0.2, 0.25) is 0 Å². The summed E-state index contributed by atoms with van der Waals surface area (Å²) in [6.45, 7) is 0. The van der Waals surface area contributed by atoms with Gasteiger partial charge in [0, 0.05) is 0 Å². The molecule has 0 nitrogen and oxygen atoms in total. The fourth-order valence-electron chi connectivity index (χ4n) is 0. The summed E-state index contributed by atoms with van der Waals surface area (Å²) >= 11 is 0. The van der Waals surface area contributed by atoms with Crippen molar-refractivity contribution in [3.05, 3.63) is 0 Å². The molecule has 26 valence electrons. The Morgan fingerprint density at radius 3 is 0.750 bits per heavy atom. The minimum atomic E-state index is 0. The van der Waals surface area contributed by atoms with Gasteiger partial charge in [0.1, 0.15) is 0 Å². The monoisotopic (exact) mass is 182 g/mol. The predicted octanol–water partition coefficient (Wildman–Crippen LogP) is -2.10. The van der Waals surface area contributed by atoms with E-state index in [2.05, 4.69) is 0 Å². The molecule has 0 aliphatic carbocycles. The van der Waals surface area contributed by atoms with Crippen LogP contribution in [0.3, 0.4) is 0 Å². The molecule has 0 bridgehead atoms. The Morgan fingerprint density at radius 2 is 0.750 bits per heavy atom. The van der Waals surface area contributed by atoms with Crippen molar-refractivity contribution in [3.8, 4) is 0 Å². The smallest absolute Gasteiger partial charge is 1.00 e. The quantitative estimate of drug-likeness (QED) is 0.402. The van der Waals surface area contributed by atoms with Crippen molar-refractivity contribution >= 4 is 25.8 Å². The van der Waals surface area contributed by atoms with Crippen LogP contribution in [0.2, 0.25) is 0 Å². The standard InChI is InChI=1S/2CH4.ClH.In/h2*1H4;1H;/q;;;+1/p-1. The van der Waals surface area contributed by atoms with E-state index in [1.165, 1.54) is 0 Å². The summed E-state index contributed by atoms with van der Waals surface area (Å²) in [4.78, 5) is 0. The molecule has 2 heteroatoms. The molecule has 0 rings (SSSR count). The second-order valence-electron chi connectivity index (χ2n) is 0. The van der Waals surface area contributed by atoms with Crippen molar-refractivity contribution in [2.24, 2.45) is 0 Å². The van der Waals surface area contributed by atoms with Crippen molar-refractivity contribution < 1.29 is 12.4 Å². The van der Waals surface area contributed by atoms with Gasteiger partial charge in [-0.1, -0.05) is 14.9 Å². The molecular formula is C2H8ClIn. The normalized spacial score (nSPS) is 0. The third-order valence-corrected chi connectivity index (χ3v) is 0. The molecular weight excluding hydrogens is 174 g/mol. The number of halogens is 1. The van der Waals surface area contributed by atoms with E-state index in [1.54, 1.807) is 0 Å². The van der Waals surface area contributed by atoms with Gasteiger partial charge in [0.15, 0.2) is 0 Å². The van der Waals surface area contributed by atoms with Gasteiger partial charge in [0.05, 0.1) is 0 Å². The van der Waals surface area contributed by atoms with Crippen LogP contribution in [0.25, 0.3) is 0 Å². The van der Waals surface area contributed by atoms with E-state index in [1.807, 2.05) is 0 Å². The van der Waals surface area contributed by atoms with Gasteiger partial charge in [-0.25, -0.2) is 0 Å². The average molecular weight is 182 g/mol. The van der Waals surface area contributed by atoms with Crippen LogP contribution in [0.4, 0.5) is 0 Å². The Bertz CT molecular complexity index is 6.00. The molecule has 0 amide bonds. The summed E-state index contributed by atoms with van der Waals surface area (Å²) in [5.74, 6) is 0. The van der Waals surface area contributed by atoms with Crippen LogP contribution < -0.4 is 12.4 Å². The first-order valence-corrected chi connectivity index (χ1v) is 0. The first kappa shape index (κ1) is 66.4. The molecule has 0 saturated heterocycles. The van der Waals surface area contributed by atoms with E-state index in [0.29, 0.717) is 0 Å². The molecule has 0 atom stereocenters. The molecule has 0 fully saturated rings. The zero-order chi connectivity index (χ0) is 0. The average Bonchev–Trinajstić information content (AvgIpc) is 0. The summed E-state index contributed by atoms with van der Waals surface area (Å²) in [7, 11) is 0. The van der Waals surface area contributed by atoms with Gasteiger partial charge in [-0.15, -0.1) is 0 Å². The third-order valence-electron chi connectivity index (χ3n) is 0. The van der Waals surface area contributed by atoms with E-state index >= 15 is 0 Å². The van der Waals surface area contributed by atoms with Gasteiger partial charge in [0.25, 0.3) is 0 Å². The largest absolute Gasteiger partial charge is 1.00 e. The fraction of sp³-hybridized carbons (Fsp3) is 1.00. The first-order chi connectivity index (χ1) is 0. The first-order valence-electron chi connectivity index (χ1n) is 0. The molecule has 4 heavy (non-hydrogen) atoms. The third kappa shape index (κ3) is 11.0. The maximum absolute atomic E-state index is 0. The number of hydrogen-bond donors (Lipinski definition) is 0. The molecule has 0 aromatic rings. The Hall–Kier alpha value is 1.16. The van der Waals surface area contributed by atoms with Crippen LogP contribution in [0.5, 0.6) is 0 Å². The zero-order valence-electron chi connectivity index (χ0n) is 0.955. The maximum Gasteiger partial charge on any atom is 1.00 e. The van der Waals surface area contributed by atoms with E-state index in [4.69, 9.17) is 0 Å². The Balaban J connectivity index is 0. The van der Waals surface area contributed by atoms with Crippen molar-refractivity contribution in [3.63, 3.8) is 0 Å². The second kappa shape index (κ2) is 30.9. The van der Waals surface area contributed by atoms with Crippen molar-refractivity contribution in [2.45, 2.75) is 14.9 Å². The van der Waals surface area contributed by atoms with Crippen LogP contribution in [-0.2, 0) is 0 Å². The van der Waals surface area contributed by atoms with Gasteiger partial charge < -0.3 is 12.4 Å². The van der Waals surface area contributed by atoms with Crippen LogP contribution >= 0.6 is 0 Å². The molecule has 0 aromatic heterocycles. The molecule has 2 radical (unpaired) electrons. The summed E-state index contributed by atoms with van der Waals surface area (Å²) in [6.07, 6.45) is 0. The minimum absolute atomic E-state index is 0.